The summed E-state index contributed by atoms with van der Waals surface area (Å²) in [7, 11) is 0. The van der Waals surface area contributed by atoms with Crippen LogP contribution in [0, 0.1) is 0 Å². The summed E-state index contributed by atoms with van der Waals surface area (Å²) in [6.07, 6.45) is 2.72. The summed E-state index contributed by atoms with van der Waals surface area (Å²) in [4.78, 5) is 4.70. The van der Waals surface area contributed by atoms with Gasteiger partial charge in [0.05, 0.1) is 6.61 Å². The summed E-state index contributed by atoms with van der Waals surface area (Å²) in [5.41, 5.74) is 5.60. The van der Waals surface area contributed by atoms with Gasteiger partial charge in [0.15, 0.2) is 0 Å². The van der Waals surface area contributed by atoms with Gasteiger partial charge in [0.2, 0.25) is 0 Å². The van der Waals surface area contributed by atoms with E-state index >= 15 is 0 Å². The van der Waals surface area contributed by atoms with Gasteiger partial charge in [-0.15, -0.1) is 0 Å². The van der Waals surface area contributed by atoms with Crippen molar-refractivity contribution in [2.45, 2.75) is 32.2 Å². The highest BCUT2D eigenvalue weighted by Gasteiger charge is 2.21. The summed E-state index contributed by atoms with van der Waals surface area (Å²) in [6, 6.07) is 0.343. The number of rotatable bonds is 6. The zero-order valence-electron chi connectivity index (χ0n) is 11.3. The molecule has 0 bridgehead atoms. The molecule has 1 aliphatic rings. The van der Waals surface area contributed by atoms with Gasteiger partial charge in [-0.05, 0) is 25.9 Å². The number of hydrogen-bond acceptors (Lipinski definition) is 5. The second kappa shape index (κ2) is 8.29. The Labute approximate surface area is 109 Å². The van der Waals surface area contributed by atoms with Crippen molar-refractivity contribution in [2.75, 3.05) is 39.3 Å². The zero-order valence-corrected chi connectivity index (χ0v) is 11.3. The minimum atomic E-state index is 0.224. The number of aliphatic hydroxyl groups is 1. The average molecular weight is 258 g/mol. The molecule has 6 heteroatoms. The van der Waals surface area contributed by atoms with Crippen LogP contribution in [-0.4, -0.2) is 71.3 Å². The van der Waals surface area contributed by atoms with Crippen LogP contribution in [0.3, 0.4) is 0 Å². The maximum Gasteiger partial charge on any atom is 0.140 e. The third-order valence-electron chi connectivity index (χ3n) is 3.60. The maximum atomic E-state index is 8.97. The quantitative estimate of drug-likeness (QED) is 0.268. The van der Waals surface area contributed by atoms with Gasteiger partial charge in [0.1, 0.15) is 5.84 Å². The third-order valence-corrected chi connectivity index (χ3v) is 3.60. The van der Waals surface area contributed by atoms with E-state index in [0.29, 0.717) is 18.3 Å². The van der Waals surface area contributed by atoms with Crippen LogP contribution in [0.5, 0.6) is 0 Å². The third kappa shape index (κ3) is 4.80. The Kier molecular flexibility index (Phi) is 7.00. The van der Waals surface area contributed by atoms with E-state index in [1.54, 1.807) is 0 Å². The standard InChI is InChI=1S/C12H26N4O2/c1-2-11(10-12(13)14-18)16-5-3-4-15(6-7-16)8-9-17/h11,17-18H,2-10H2,1H3,(H2,13,14). The van der Waals surface area contributed by atoms with Crippen LogP contribution in [0.2, 0.25) is 0 Å². The molecule has 1 rings (SSSR count). The molecule has 0 radical (unpaired) electrons. The first kappa shape index (κ1) is 15.2. The van der Waals surface area contributed by atoms with Crippen LogP contribution in [-0.2, 0) is 0 Å². The topological polar surface area (TPSA) is 85.3 Å². The fourth-order valence-electron chi connectivity index (χ4n) is 2.53. The molecule has 1 fully saturated rings. The second-order valence-electron chi connectivity index (χ2n) is 4.81. The lowest BCUT2D eigenvalue weighted by Crippen LogP contribution is -2.40. The summed E-state index contributed by atoms with van der Waals surface area (Å²) in [6.45, 7) is 7.15. The molecule has 1 saturated heterocycles. The molecule has 0 aromatic rings. The van der Waals surface area contributed by atoms with Gasteiger partial charge >= 0.3 is 0 Å². The van der Waals surface area contributed by atoms with Gasteiger partial charge in [-0.3, -0.25) is 9.80 Å². The Balaban J connectivity index is 2.48. The number of β-amino-alcohol motifs (C(OH)–C–C–N with tert-alkyl or cyclic N) is 1. The number of amidine groups is 1. The molecule has 0 spiro atoms. The number of hydrogen-bond donors (Lipinski definition) is 3. The monoisotopic (exact) mass is 258 g/mol. The smallest absolute Gasteiger partial charge is 0.140 e. The first-order valence-electron chi connectivity index (χ1n) is 6.75. The van der Waals surface area contributed by atoms with Gasteiger partial charge in [-0.2, -0.15) is 0 Å². The number of nitrogens with two attached hydrogens (primary N) is 1. The summed E-state index contributed by atoms with van der Waals surface area (Å²) < 4.78 is 0. The zero-order chi connectivity index (χ0) is 13.4. The van der Waals surface area contributed by atoms with Gasteiger partial charge in [0.25, 0.3) is 0 Å². The molecule has 106 valence electrons. The van der Waals surface area contributed by atoms with E-state index in [0.717, 1.165) is 45.6 Å². The molecule has 1 unspecified atom stereocenters. The van der Waals surface area contributed by atoms with Gasteiger partial charge in [-0.25, -0.2) is 0 Å². The highest BCUT2D eigenvalue weighted by atomic mass is 16.4. The fraction of sp³-hybridized carbons (Fsp3) is 0.917. The van der Waals surface area contributed by atoms with Crippen molar-refractivity contribution in [1.82, 2.24) is 9.80 Å². The second-order valence-corrected chi connectivity index (χ2v) is 4.81. The Morgan fingerprint density at radius 3 is 2.72 bits per heavy atom. The van der Waals surface area contributed by atoms with E-state index in [1.165, 1.54) is 0 Å². The lowest BCUT2D eigenvalue weighted by molar-refractivity contribution is 0.179. The van der Waals surface area contributed by atoms with Gasteiger partial charge in [0, 0.05) is 32.1 Å². The van der Waals surface area contributed by atoms with Crippen LogP contribution in [0.15, 0.2) is 5.16 Å². The Bertz CT molecular complexity index is 260. The molecule has 0 aromatic heterocycles. The molecule has 0 aliphatic carbocycles. The van der Waals surface area contributed by atoms with Crippen molar-refractivity contribution in [3.05, 3.63) is 0 Å². The minimum Gasteiger partial charge on any atom is -0.409 e. The predicted molar refractivity (Wildman–Crippen MR) is 71.8 cm³/mol. The van der Waals surface area contributed by atoms with Crippen molar-refractivity contribution in [2.24, 2.45) is 10.9 Å². The maximum absolute atomic E-state index is 8.97. The molecule has 1 aliphatic heterocycles. The molecule has 6 nitrogen and oxygen atoms in total. The van der Waals surface area contributed by atoms with Crippen LogP contribution in [0.1, 0.15) is 26.2 Å². The highest BCUT2D eigenvalue weighted by Crippen LogP contribution is 2.12. The van der Waals surface area contributed by atoms with Gasteiger partial charge < -0.3 is 16.0 Å². The van der Waals surface area contributed by atoms with E-state index in [9.17, 15) is 0 Å². The molecule has 4 N–H and O–H groups in total. The summed E-state index contributed by atoms with van der Waals surface area (Å²) >= 11 is 0. The van der Waals surface area contributed by atoms with Crippen molar-refractivity contribution in [3.63, 3.8) is 0 Å². The number of aliphatic hydroxyl groups excluding tert-OH is 1. The van der Waals surface area contributed by atoms with E-state index in [2.05, 4.69) is 21.9 Å². The lowest BCUT2D eigenvalue weighted by atomic mass is 10.1. The van der Waals surface area contributed by atoms with Crippen LogP contribution in [0.4, 0.5) is 0 Å². The molecular weight excluding hydrogens is 232 g/mol. The van der Waals surface area contributed by atoms with Crippen molar-refractivity contribution in [3.8, 4) is 0 Å². The van der Waals surface area contributed by atoms with E-state index in [-0.39, 0.29) is 6.61 Å². The predicted octanol–water partition coefficient (Wildman–Crippen LogP) is -0.0985. The molecule has 18 heavy (non-hydrogen) atoms. The molecule has 0 amide bonds. The van der Waals surface area contributed by atoms with Crippen molar-refractivity contribution >= 4 is 5.84 Å². The normalized spacial score (nSPS) is 21.8. The van der Waals surface area contributed by atoms with Crippen LogP contribution >= 0.6 is 0 Å². The van der Waals surface area contributed by atoms with E-state index in [1.807, 2.05) is 0 Å². The summed E-state index contributed by atoms with van der Waals surface area (Å²) in [5, 5.41) is 20.7. The largest absolute Gasteiger partial charge is 0.409 e. The average Bonchev–Trinajstić information content (AvgIpc) is 2.62. The van der Waals surface area contributed by atoms with Crippen LogP contribution < -0.4 is 5.73 Å². The molecular formula is C12H26N4O2. The minimum absolute atomic E-state index is 0.224. The number of oxime groups is 1. The van der Waals surface area contributed by atoms with Crippen LogP contribution in [0.25, 0.3) is 0 Å². The highest BCUT2D eigenvalue weighted by molar-refractivity contribution is 5.80. The Hall–Kier alpha value is -0.850. The lowest BCUT2D eigenvalue weighted by Gasteiger charge is -2.29. The Morgan fingerprint density at radius 2 is 2.11 bits per heavy atom. The SMILES string of the molecule is CCC(CC(N)=NO)N1CCCN(CCO)CC1. The van der Waals surface area contributed by atoms with Crippen molar-refractivity contribution < 1.29 is 10.3 Å². The molecule has 0 aromatic carbocycles. The molecule has 1 heterocycles. The number of nitrogens with zero attached hydrogens (tertiary/aromatic N) is 3. The molecule has 1 atom stereocenters. The van der Waals surface area contributed by atoms with Gasteiger partial charge in [-0.1, -0.05) is 12.1 Å². The fourth-order valence-corrected chi connectivity index (χ4v) is 2.53. The first-order valence-corrected chi connectivity index (χ1v) is 6.75. The molecule has 0 saturated carbocycles. The summed E-state index contributed by atoms with van der Waals surface area (Å²) in [5.74, 6) is 0.304. The Morgan fingerprint density at radius 1 is 1.33 bits per heavy atom. The van der Waals surface area contributed by atoms with Crippen molar-refractivity contribution in [1.29, 1.82) is 0 Å². The van der Waals surface area contributed by atoms with E-state index in [4.69, 9.17) is 16.0 Å². The first-order chi connectivity index (χ1) is 8.71. The van der Waals surface area contributed by atoms with E-state index < -0.39 is 0 Å².